The van der Waals surface area contributed by atoms with E-state index in [1.165, 1.54) is 0 Å². The highest BCUT2D eigenvalue weighted by atomic mass is 79.9. The van der Waals surface area contributed by atoms with Crippen LogP contribution in [0.25, 0.3) is 0 Å². The second-order valence-electron chi connectivity index (χ2n) is 4.26. The molecule has 96 valence electrons. The van der Waals surface area contributed by atoms with Crippen LogP contribution in [0.1, 0.15) is 24.2 Å². The van der Waals surface area contributed by atoms with E-state index >= 15 is 0 Å². The fourth-order valence-electron chi connectivity index (χ4n) is 1.89. The first-order valence-corrected chi connectivity index (χ1v) is 7.03. The molecular weight excluding hydrogens is 324 g/mol. The molecule has 0 aliphatic carbocycles. The zero-order valence-corrected chi connectivity index (χ0v) is 13.0. The van der Waals surface area contributed by atoms with Crippen molar-refractivity contribution in [1.29, 1.82) is 0 Å². The molecule has 3 nitrogen and oxygen atoms in total. The molecule has 1 amide bonds. The van der Waals surface area contributed by atoms with Crippen LogP contribution in [0.15, 0.2) is 15.2 Å². The fraction of sp³-hybridized carbons (Fsp3) is 0.545. The van der Waals surface area contributed by atoms with E-state index in [9.17, 15) is 4.79 Å². The molecule has 0 aromatic carbocycles. The summed E-state index contributed by atoms with van der Waals surface area (Å²) in [6.45, 7) is 5.85. The van der Waals surface area contributed by atoms with Crippen LogP contribution in [-0.2, 0) is 0 Å². The highest BCUT2D eigenvalue weighted by molar-refractivity contribution is 9.11. The largest absolute Gasteiger partial charge is 0.333 e. The molecule has 0 radical (unpaired) electrons. The second-order valence-corrected chi connectivity index (χ2v) is 6.55. The summed E-state index contributed by atoms with van der Waals surface area (Å²) in [4.78, 5) is 14.2. The van der Waals surface area contributed by atoms with Gasteiger partial charge in [0.2, 0.25) is 0 Å². The molecule has 2 atom stereocenters. The number of carbonyl (C=O) groups is 1. The maximum atomic E-state index is 12.3. The van der Waals surface area contributed by atoms with Crippen molar-refractivity contribution in [3.05, 3.63) is 20.8 Å². The zero-order chi connectivity index (χ0) is 11.7. The Morgan fingerprint density at radius 3 is 2.88 bits per heavy atom. The molecule has 17 heavy (non-hydrogen) atoms. The molecule has 1 aromatic rings. The van der Waals surface area contributed by atoms with Gasteiger partial charge in [-0.25, -0.2) is 0 Å². The van der Waals surface area contributed by atoms with Crippen LogP contribution in [0.3, 0.4) is 0 Å². The van der Waals surface area contributed by atoms with Gasteiger partial charge in [0.05, 0.1) is 9.35 Å². The minimum Gasteiger partial charge on any atom is -0.333 e. The Hall–Kier alpha value is -0.100. The molecule has 1 aromatic heterocycles. The summed E-state index contributed by atoms with van der Waals surface area (Å²) >= 11 is 4.94. The standard InChI is InChI=1S/C11H15BrN2OS.ClH/c1-7-5-14(8(2)4-13-7)11(15)9-3-10(12)16-6-9;/h3,6-8,13H,4-5H2,1-2H3;1H. The number of carbonyl (C=O) groups excluding carboxylic acids is 1. The molecule has 0 bridgehead atoms. The third-order valence-corrected chi connectivity index (χ3v) is 4.34. The summed E-state index contributed by atoms with van der Waals surface area (Å²) in [5, 5.41) is 5.28. The average molecular weight is 340 g/mol. The lowest BCUT2D eigenvalue weighted by atomic mass is 10.1. The number of rotatable bonds is 1. The summed E-state index contributed by atoms with van der Waals surface area (Å²) < 4.78 is 1.01. The predicted molar refractivity (Wildman–Crippen MR) is 77.2 cm³/mol. The van der Waals surface area contributed by atoms with Crippen LogP contribution in [0.2, 0.25) is 0 Å². The van der Waals surface area contributed by atoms with Crippen molar-refractivity contribution in [1.82, 2.24) is 10.2 Å². The highest BCUT2D eigenvalue weighted by Crippen LogP contribution is 2.23. The summed E-state index contributed by atoms with van der Waals surface area (Å²) in [5.41, 5.74) is 0.790. The molecular formula is C11H16BrClN2OS. The molecule has 1 fully saturated rings. The van der Waals surface area contributed by atoms with Crippen molar-refractivity contribution in [2.75, 3.05) is 13.1 Å². The van der Waals surface area contributed by atoms with Crippen molar-refractivity contribution in [3.8, 4) is 0 Å². The van der Waals surface area contributed by atoms with Gasteiger partial charge < -0.3 is 10.2 Å². The lowest BCUT2D eigenvalue weighted by Gasteiger charge is -2.37. The van der Waals surface area contributed by atoms with Crippen LogP contribution < -0.4 is 5.32 Å². The number of nitrogens with one attached hydrogen (secondary N) is 1. The average Bonchev–Trinajstić information content (AvgIpc) is 2.67. The normalized spacial score (nSPS) is 24.3. The minimum atomic E-state index is 0. The number of nitrogens with zero attached hydrogens (tertiary/aromatic N) is 1. The Morgan fingerprint density at radius 1 is 1.59 bits per heavy atom. The van der Waals surface area contributed by atoms with Crippen LogP contribution in [-0.4, -0.2) is 36.0 Å². The Morgan fingerprint density at radius 2 is 2.29 bits per heavy atom. The number of halogens is 2. The Bertz CT molecular complexity index is 399. The molecule has 2 unspecified atom stereocenters. The van der Waals surface area contributed by atoms with Gasteiger partial charge in [-0.05, 0) is 35.8 Å². The number of amides is 1. The minimum absolute atomic E-state index is 0. The third-order valence-electron chi connectivity index (χ3n) is 2.84. The van der Waals surface area contributed by atoms with E-state index in [4.69, 9.17) is 0 Å². The lowest BCUT2D eigenvalue weighted by molar-refractivity contribution is 0.0617. The quantitative estimate of drug-likeness (QED) is 0.853. The summed E-state index contributed by atoms with van der Waals surface area (Å²) in [6.07, 6.45) is 0. The van der Waals surface area contributed by atoms with Crippen molar-refractivity contribution < 1.29 is 4.79 Å². The molecule has 0 saturated carbocycles. The first kappa shape index (κ1) is 15.0. The van der Waals surface area contributed by atoms with Crippen molar-refractivity contribution in [2.24, 2.45) is 0 Å². The van der Waals surface area contributed by atoms with E-state index in [0.717, 1.165) is 22.4 Å². The van der Waals surface area contributed by atoms with E-state index in [-0.39, 0.29) is 24.4 Å². The molecule has 1 aliphatic rings. The van der Waals surface area contributed by atoms with E-state index in [0.29, 0.717) is 6.04 Å². The van der Waals surface area contributed by atoms with Gasteiger partial charge in [0, 0.05) is 30.6 Å². The zero-order valence-electron chi connectivity index (χ0n) is 9.77. The van der Waals surface area contributed by atoms with Gasteiger partial charge in [0.1, 0.15) is 0 Å². The summed E-state index contributed by atoms with van der Waals surface area (Å²) in [7, 11) is 0. The van der Waals surface area contributed by atoms with Crippen LogP contribution in [0.4, 0.5) is 0 Å². The first-order chi connectivity index (χ1) is 7.58. The van der Waals surface area contributed by atoms with E-state index in [1.807, 2.05) is 16.3 Å². The van der Waals surface area contributed by atoms with Gasteiger partial charge in [-0.1, -0.05) is 0 Å². The Balaban J connectivity index is 0.00000144. The van der Waals surface area contributed by atoms with Crippen molar-refractivity contribution >= 4 is 45.6 Å². The molecule has 1 aliphatic heterocycles. The summed E-state index contributed by atoms with van der Waals surface area (Å²) in [5.74, 6) is 0.141. The molecule has 1 N–H and O–H groups in total. The molecule has 2 heterocycles. The number of piperazine rings is 1. The third kappa shape index (κ3) is 3.44. The molecule has 6 heteroatoms. The predicted octanol–water partition coefficient (Wildman–Crippen LogP) is 2.75. The van der Waals surface area contributed by atoms with Crippen molar-refractivity contribution in [2.45, 2.75) is 25.9 Å². The van der Waals surface area contributed by atoms with Crippen molar-refractivity contribution in [3.63, 3.8) is 0 Å². The molecule has 1 saturated heterocycles. The van der Waals surface area contributed by atoms with Gasteiger partial charge >= 0.3 is 0 Å². The van der Waals surface area contributed by atoms with Gasteiger partial charge in [-0.3, -0.25) is 4.79 Å². The second kappa shape index (κ2) is 6.18. The Labute approximate surface area is 120 Å². The van der Waals surface area contributed by atoms with E-state index in [2.05, 4.69) is 35.1 Å². The molecule has 2 rings (SSSR count). The fourth-order valence-corrected chi connectivity index (χ4v) is 3.02. The smallest absolute Gasteiger partial charge is 0.255 e. The topological polar surface area (TPSA) is 32.3 Å². The maximum absolute atomic E-state index is 12.3. The maximum Gasteiger partial charge on any atom is 0.255 e. The molecule has 0 spiro atoms. The van der Waals surface area contributed by atoms with Gasteiger partial charge in [0.25, 0.3) is 5.91 Å². The SMILES string of the molecule is CC1CN(C(=O)c2csc(Br)c2)C(C)CN1.Cl. The van der Waals surface area contributed by atoms with Crippen LogP contribution in [0.5, 0.6) is 0 Å². The number of hydrogen-bond acceptors (Lipinski definition) is 3. The number of hydrogen-bond donors (Lipinski definition) is 1. The lowest BCUT2D eigenvalue weighted by Crippen LogP contribution is -2.56. The van der Waals surface area contributed by atoms with Gasteiger partial charge in [-0.15, -0.1) is 23.7 Å². The highest BCUT2D eigenvalue weighted by Gasteiger charge is 2.27. The van der Waals surface area contributed by atoms with Crippen LogP contribution >= 0.6 is 39.7 Å². The van der Waals surface area contributed by atoms with E-state index in [1.54, 1.807) is 11.3 Å². The Kier molecular flexibility index (Phi) is 5.44. The first-order valence-electron chi connectivity index (χ1n) is 5.36. The van der Waals surface area contributed by atoms with Gasteiger partial charge in [-0.2, -0.15) is 0 Å². The number of thiophene rings is 1. The van der Waals surface area contributed by atoms with Crippen LogP contribution in [0, 0.1) is 0 Å². The summed E-state index contributed by atoms with van der Waals surface area (Å²) in [6, 6.07) is 2.54. The monoisotopic (exact) mass is 338 g/mol. The van der Waals surface area contributed by atoms with Gasteiger partial charge in [0.15, 0.2) is 0 Å². The van der Waals surface area contributed by atoms with E-state index < -0.39 is 0 Å².